The van der Waals surface area contributed by atoms with Gasteiger partial charge in [-0.2, -0.15) is 0 Å². The molecule has 0 saturated carbocycles. The van der Waals surface area contributed by atoms with Gasteiger partial charge in [0.05, 0.1) is 0 Å². The van der Waals surface area contributed by atoms with Gasteiger partial charge in [-0.1, -0.05) is 61.0 Å². The van der Waals surface area contributed by atoms with Crippen molar-refractivity contribution >= 4 is 43.9 Å². The number of hydrogen-bond donors (Lipinski definition) is 0. The first-order chi connectivity index (χ1) is 23.0. The molecule has 0 aliphatic carbocycles. The zero-order valence-electron chi connectivity index (χ0n) is 26.7. The molecule has 1 radical (unpaired) electrons. The fraction of sp³-hybridized carbons (Fsp3) is 0.0698. The molecule has 9 rings (SSSR count). The molecule has 0 saturated heterocycles. The van der Waals surface area contributed by atoms with Gasteiger partial charge in [0.25, 0.3) is 0 Å². The maximum absolute atomic E-state index is 6.25. The molecule has 0 bridgehead atoms. The molecular formula is C43H30IrN2O2-2. The Morgan fingerprint density at radius 1 is 0.562 bits per heavy atom. The van der Waals surface area contributed by atoms with Crippen molar-refractivity contribution in [2.75, 3.05) is 0 Å². The van der Waals surface area contributed by atoms with Crippen molar-refractivity contribution < 1.29 is 28.9 Å². The summed E-state index contributed by atoms with van der Waals surface area (Å²) in [5.74, 6) is 0. The number of hydrogen-bond acceptors (Lipinski definition) is 4. The van der Waals surface area contributed by atoms with Gasteiger partial charge < -0.3 is 18.8 Å². The normalized spacial score (nSPS) is 11.1. The van der Waals surface area contributed by atoms with Gasteiger partial charge in [0, 0.05) is 65.7 Å². The summed E-state index contributed by atoms with van der Waals surface area (Å²) >= 11 is 0. The quantitative estimate of drug-likeness (QED) is 0.167. The van der Waals surface area contributed by atoms with E-state index >= 15 is 0 Å². The van der Waals surface area contributed by atoms with Gasteiger partial charge in [-0.25, -0.2) is 0 Å². The Labute approximate surface area is 292 Å². The van der Waals surface area contributed by atoms with Crippen LogP contribution >= 0.6 is 0 Å². The first-order valence-corrected chi connectivity index (χ1v) is 15.6. The summed E-state index contributed by atoms with van der Waals surface area (Å²) in [7, 11) is 0. The third-order valence-corrected chi connectivity index (χ3v) is 8.66. The molecule has 235 valence electrons. The molecule has 9 aromatic rings. The van der Waals surface area contributed by atoms with Crippen LogP contribution in [0.2, 0.25) is 0 Å². The van der Waals surface area contributed by atoms with E-state index < -0.39 is 0 Å². The molecule has 4 heterocycles. The monoisotopic (exact) mass is 799 g/mol. The van der Waals surface area contributed by atoms with Gasteiger partial charge in [-0.05, 0) is 54.6 Å². The third kappa shape index (κ3) is 5.73. The van der Waals surface area contributed by atoms with Crippen LogP contribution in [0.4, 0.5) is 0 Å². The maximum atomic E-state index is 6.25. The van der Waals surface area contributed by atoms with E-state index in [9.17, 15) is 0 Å². The predicted octanol–water partition coefficient (Wildman–Crippen LogP) is 11.5. The van der Waals surface area contributed by atoms with Gasteiger partial charge in [0.2, 0.25) is 0 Å². The topological polar surface area (TPSA) is 52.1 Å². The van der Waals surface area contributed by atoms with Crippen molar-refractivity contribution in [2.45, 2.75) is 20.8 Å². The first kappa shape index (κ1) is 31.3. The van der Waals surface area contributed by atoms with Gasteiger partial charge in [0.15, 0.2) is 0 Å². The molecule has 5 aromatic carbocycles. The second-order valence-electron chi connectivity index (χ2n) is 11.8. The molecule has 0 unspecified atom stereocenters. The number of pyridine rings is 2. The number of fused-ring (bicyclic) bond motifs is 6. The van der Waals surface area contributed by atoms with Gasteiger partial charge in [-0.3, -0.25) is 0 Å². The van der Waals surface area contributed by atoms with E-state index in [4.69, 9.17) is 8.83 Å². The van der Waals surface area contributed by atoms with Crippen LogP contribution in [0.1, 0.15) is 16.7 Å². The summed E-state index contributed by atoms with van der Waals surface area (Å²) in [6.45, 7) is 6.24. The molecule has 0 aliphatic rings. The van der Waals surface area contributed by atoms with E-state index in [-0.39, 0.29) is 20.1 Å². The molecule has 0 fully saturated rings. The minimum Gasteiger partial charge on any atom is -0.456 e. The summed E-state index contributed by atoms with van der Waals surface area (Å²) in [5, 5.41) is 4.37. The molecule has 4 nitrogen and oxygen atoms in total. The zero-order chi connectivity index (χ0) is 31.9. The Kier molecular flexibility index (Phi) is 8.49. The molecule has 0 amide bonds. The predicted molar refractivity (Wildman–Crippen MR) is 191 cm³/mol. The molecule has 4 aromatic heterocycles. The van der Waals surface area contributed by atoms with Gasteiger partial charge in [-0.15, -0.1) is 71.3 Å². The summed E-state index contributed by atoms with van der Waals surface area (Å²) in [6, 6.07) is 45.2. The number of nitrogens with zero attached hydrogens (tertiary/aromatic N) is 2. The molecular weight excluding hydrogens is 769 g/mol. The molecule has 0 spiro atoms. The molecule has 48 heavy (non-hydrogen) atoms. The van der Waals surface area contributed by atoms with Crippen LogP contribution in [0.15, 0.2) is 136 Å². The van der Waals surface area contributed by atoms with E-state index in [2.05, 4.69) is 97.5 Å². The van der Waals surface area contributed by atoms with Crippen molar-refractivity contribution in [3.63, 3.8) is 0 Å². The second kappa shape index (κ2) is 13.0. The molecule has 0 atom stereocenters. The Hall–Kier alpha value is -5.35. The largest absolute Gasteiger partial charge is 0.456 e. The van der Waals surface area contributed by atoms with Crippen molar-refractivity contribution in [3.8, 4) is 33.6 Å². The smallest absolute Gasteiger partial charge is 0.139 e. The second-order valence-corrected chi connectivity index (χ2v) is 11.8. The van der Waals surface area contributed by atoms with Crippen molar-refractivity contribution in [2.24, 2.45) is 0 Å². The number of para-hydroxylation sites is 2. The van der Waals surface area contributed by atoms with E-state index in [1.54, 1.807) is 0 Å². The van der Waals surface area contributed by atoms with Gasteiger partial charge in [0.1, 0.15) is 22.3 Å². The third-order valence-electron chi connectivity index (χ3n) is 8.66. The number of aryl methyl sites for hydroxylation is 3. The van der Waals surface area contributed by atoms with E-state index in [1.165, 1.54) is 16.7 Å². The summed E-state index contributed by atoms with van der Waals surface area (Å²) in [5.41, 5.74) is 13.2. The minimum absolute atomic E-state index is 0. The average molecular weight is 799 g/mol. The van der Waals surface area contributed by atoms with Crippen LogP contribution in [-0.4, -0.2) is 9.97 Å². The number of furan rings is 2. The summed E-state index contributed by atoms with van der Waals surface area (Å²) in [6.07, 6.45) is 3.78. The molecule has 5 heteroatoms. The summed E-state index contributed by atoms with van der Waals surface area (Å²) < 4.78 is 12.5. The minimum atomic E-state index is 0. The maximum Gasteiger partial charge on any atom is 0.139 e. The van der Waals surface area contributed by atoms with Crippen molar-refractivity contribution in [1.82, 2.24) is 9.97 Å². The fourth-order valence-electron chi connectivity index (χ4n) is 6.10. The SMILES string of the molecule is Cc1c[c-]c(-c2cc(C)c(C)cn2)cc1.[Ir].[c-]1ccccc1-c1cc(-c2c3c(cc4oc5ccccc5c24)oc2ccccc23)ccn1. The van der Waals surface area contributed by atoms with Crippen LogP contribution in [0.5, 0.6) is 0 Å². The van der Waals surface area contributed by atoms with Crippen molar-refractivity contribution in [1.29, 1.82) is 0 Å². The Bertz CT molecular complexity index is 2460. The van der Waals surface area contributed by atoms with E-state index in [0.29, 0.717) is 0 Å². The van der Waals surface area contributed by atoms with Crippen LogP contribution in [-0.2, 0) is 20.1 Å². The standard InChI is InChI=1S/C29H16NO2.C14H14N.Ir/c1-2-8-18(9-3-1)22-16-19(14-15-30-22)27-28-20-10-4-6-12-23(20)31-25(28)17-26-29(27)21-11-5-7-13-24(21)32-26;1-10-4-6-13(7-5-10)14-8-11(2)12(3)9-15-14;/h1-8,10-17H;4-6,8-9H,1-3H3;/q2*-1;. The van der Waals surface area contributed by atoms with Crippen LogP contribution in [0, 0.1) is 32.9 Å². The Morgan fingerprint density at radius 2 is 1.21 bits per heavy atom. The Balaban J connectivity index is 0.000000193. The van der Waals surface area contributed by atoms with Crippen LogP contribution in [0.3, 0.4) is 0 Å². The van der Waals surface area contributed by atoms with Crippen molar-refractivity contribution in [3.05, 3.63) is 156 Å². The van der Waals surface area contributed by atoms with E-state index in [0.717, 1.165) is 77.5 Å². The zero-order valence-corrected chi connectivity index (χ0v) is 29.1. The molecule has 0 aliphatic heterocycles. The number of rotatable bonds is 3. The fourth-order valence-corrected chi connectivity index (χ4v) is 6.10. The van der Waals surface area contributed by atoms with Gasteiger partial charge >= 0.3 is 0 Å². The molecule has 0 N–H and O–H groups in total. The first-order valence-electron chi connectivity index (χ1n) is 15.6. The Morgan fingerprint density at radius 3 is 1.83 bits per heavy atom. The number of aromatic nitrogens is 2. The summed E-state index contributed by atoms with van der Waals surface area (Å²) in [4.78, 5) is 9.02. The van der Waals surface area contributed by atoms with Crippen LogP contribution in [0.25, 0.3) is 77.5 Å². The number of benzene rings is 5. The average Bonchev–Trinajstić information content (AvgIpc) is 3.67. The van der Waals surface area contributed by atoms with E-state index in [1.807, 2.05) is 73.1 Å². The van der Waals surface area contributed by atoms with Crippen LogP contribution < -0.4 is 0 Å².